The summed E-state index contributed by atoms with van der Waals surface area (Å²) in [5, 5.41) is 0. The Bertz CT molecular complexity index is 552. The molecule has 1 aliphatic carbocycles. The fourth-order valence-electron chi connectivity index (χ4n) is 2.18. The van der Waals surface area contributed by atoms with Crippen molar-refractivity contribution in [2.75, 3.05) is 0 Å². The van der Waals surface area contributed by atoms with Gasteiger partial charge >= 0.3 is 0 Å². The average molecular weight is 279 g/mol. The Morgan fingerprint density at radius 1 is 1.50 bits per heavy atom. The summed E-state index contributed by atoms with van der Waals surface area (Å²) >= 11 is 3.69. The standard InChI is InChI=1S/C13H15BrN2/c1-3-9-5-4-8-16-11(14)10(15-12(9)16)13(2)6-7-13/h4-5,8H,3,6-7H2,1-2H3. The zero-order valence-electron chi connectivity index (χ0n) is 9.63. The van der Waals surface area contributed by atoms with Crippen LogP contribution in [0.2, 0.25) is 0 Å². The van der Waals surface area contributed by atoms with Crippen LogP contribution in [0.5, 0.6) is 0 Å². The van der Waals surface area contributed by atoms with E-state index in [0.29, 0.717) is 5.41 Å². The third kappa shape index (κ3) is 1.34. The summed E-state index contributed by atoms with van der Waals surface area (Å²) in [5.41, 5.74) is 3.97. The van der Waals surface area contributed by atoms with Gasteiger partial charge in [-0.05, 0) is 46.8 Å². The smallest absolute Gasteiger partial charge is 0.141 e. The number of aromatic nitrogens is 2. The maximum absolute atomic E-state index is 4.83. The highest BCUT2D eigenvalue weighted by molar-refractivity contribution is 9.10. The fraction of sp³-hybridized carbons (Fsp3) is 0.462. The monoisotopic (exact) mass is 278 g/mol. The van der Waals surface area contributed by atoms with Gasteiger partial charge in [0, 0.05) is 11.6 Å². The molecule has 3 rings (SSSR count). The summed E-state index contributed by atoms with van der Waals surface area (Å²) in [5.74, 6) is 0. The molecule has 0 aromatic carbocycles. The minimum Gasteiger partial charge on any atom is -0.294 e. The maximum Gasteiger partial charge on any atom is 0.141 e. The van der Waals surface area contributed by atoms with Crippen LogP contribution in [-0.4, -0.2) is 9.38 Å². The van der Waals surface area contributed by atoms with Crippen LogP contribution in [0.25, 0.3) is 5.65 Å². The van der Waals surface area contributed by atoms with Gasteiger partial charge in [0.2, 0.25) is 0 Å². The van der Waals surface area contributed by atoms with Crippen molar-refractivity contribution in [2.45, 2.75) is 38.5 Å². The number of hydrogen-bond donors (Lipinski definition) is 0. The number of imidazole rings is 1. The van der Waals surface area contributed by atoms with Gasteiger partial charge in [0.15, 0.2) is 0 Å². The molecular weight excluding hydrogens is 264 g/mol. The molecule has 84 valence electrons. The first kappa shape index (κ1) is 10.3. The molecular formula is C13H15BrN2. The van der Waals surface area contributed by atoms with Gasteiger partial charge < -0.3 is 0 Å². The van der Waals surface area contributed by atoms with Crippen molar-refractivity contribution in [1.29, 1.82) is 0 Å². The normalized spacial score (nSPS) is 17.9. The van der Waals surface area contributed by atoms with Crippen LogP contribution >= 0.6 is 15.9 Å². The molecule has 0 radical (unpaired) electrons. The largest absolute Gasteiger partial charge is 0.294 e. The molecule has 2 aromatic rings. The zero-order chi connectivity index (χ0) is 11.3. The van der Waals surface area contributed by atoms with E-state index in [0.717, 1.165) is 16.7 Å². The maximum atomic E-state index is 4.83. The Morgan fingerprint density at radius 2 is 2.25 bits per heavy atom. The average Bonchev–Trinajstić information content (AvgIpc) is 2.94. The molecule has 2 heterocycles. The molecule has 3 heteroatoms. The lowest BCUT2D eigenvalue weighted by Crippen LogP contribution is -2.00. The summed E-state index contributed by atoms with van der Waals surface area (Å²) in [6.07, 6.45) is 5.64. The second kappa shape index (κ2) is 3.33. The summed E-state index contributed by atoms with van der Waals surface area (Å²) in [4.78, 5) is 4.83. The van der Waals surface area contributed by atoms with Crippen LogP contribution < -0.4 is 0 Å². The number of rotatable bonds is 2. The van der Waals surface area contributed by atoms with E-state index in [1.165, 1.54) is 24.1 Å². The topological polar surface area (TPSA) is 17.3 Å². The van der Waals surface area contributed by atoms with E-state index < -0.39 is 0 Å². The lowest BCUT2D eigenvalue weighted by molar-refractivity contribution is 0.752. The van der Waals surface area contributed by atoms with Crippen molar-refractivity contribution < 1.29 is 0 Å². The first-order chi connectivity index (χ1) is 7.65. The SMILES string of the molecule is CCc1cccn2c(Br)c(C3(C)CC3)nc12. The van der Waals surface area contributed by atoms with E-state index in [9.17, 15) is 0 Å². The number of pyridine rings is 1. The second-order valence-corrected chi connectivity index (χ2v) is 5.64. The Balaban J connectivity index is 2.29. The molecule has 0 spiro atoms. The molecule has 0 saturated heterocycles. The Kier molecular flexibility index (Phi) is 2.15. The van der Waals surface area contributed by atoms with Crippen LogP contribution in [0.1, 0.15) is 37.9 Å². The van der Waals surface area contributed by atoms with Gasteiger partial charge in [-0.15, -0.1) is 0 Å². The van der Waals surface area contributed by atoms with Crippen LogP contribution in [-0.2, 0) is 11.8 Å². The Morgan fingerprint density at radius 3 is 2.88 bits per heavy atom. The highest BCUT2D eigenvalue weighted by Crippen LogP contribution is 2.49. The second-order valence-electron chi connectivity index (χ2n) is 4.89. The van der Waals surface area contributed by atoms with E-state index in [-0.39, 0.29) is 0 Å². The zero-order valence-corrected chi connectivity index (χ0v) is 11.2. The minimum atomic E-state index is 0.315. The van der Waals surface area contributed by atoms with Gasteiger partial charge in [-0.25, -0.2) is 4.98 Å². The predicted molar refractivity (Wildman–Crippen MR) is 68.9 cm³/mol. The summed E-state index contributed by atoms with van der Waals surface area (Å²) in [6.45, 7) is 4.47. The van der Waals surface area contributed by atoms with Crippen LogP contribution in [0.15, 0.2) is 22.9 Å². The molecule has 0 aliphatic heterocycles. The van der Waals surface area contributed by atoms with Crippen molar-refractivity contribution >= 4 is 21.6 Å². The molecule has 2 nitrogen and oxygen atoms in total. The van der Waals surface area contributed by atoms with E-state index in [1.807, 2.05) is 0 Å². The Hall–Kier alpha value is -0.830. The molecule has 1 fully saturated rings. The van der Waals surface area contributed by atoms with E-state index in [4.69, 9.17) is 4.98 Å². The van der Waals surface area contributed by atoms with E-state index in [2.05, 4.69) is 52.5 Å². The molecule has 1 aliphatic rings. The van der Waals surface area contributed by atoms with Gasteiger partial charge in [0.05, 0.1) is 5.69 Å². The number of hydrogen-bond acceptors (Lipinski definition) is 1. The highest BCUT2D eigenvalue weighted by atomic mass is 79.9. The van der Waals surface area contributed by atoms with Crippen LogP contribution in [0, 0.1) is 0 Å². The van der Waals surface area contributed by atoms with Crippen molar-refractivity contribution in [2.24, 2.45) is 0 Å². The third-order valence-electron chi connectivity index (χ3n) is 3.63. The van der Waals surface area contributed by atoms with Gasteiger partial charge in [0.25, 0.3) is 0 Å². The van der Waals surface area contributed by atoms with Gasteiger partial charge in [-0.3, -0.25) is 4.40 Å². The van der Waals surface area contributed by atoms with Crippen molar-refractivity contribution in [1.82, 2.24) is 9.38 Å². The van der Waals surface area contributed by atoms with Gasteiger partial charge in [-0.2, -0.15) is 0 Å². The summed E-state index contributed by atoms with van der Waals surface area (Å²) in [6, 6.07) is 4.26. The highest BCUT2D eigenvalue weighted by Gasteiger charge is 2.43. The molecule has 16 heavy (non-hydrogen) atoms. The van der Waals surface area contributed by atoms with E-state index in [1.54, 1.807) is 0 Å². The van der Waals surface area contributed by atoms with Crippen molar-refractivity contribution in [3.8, 4) is 0 Å². The molecule has 0 atom stereocenters. The first-order valence-corrected chi connectivity index (χ1v) is 6.61. The quantitative estimate of drug-likeness (QED) is 0.819. The number of fused-ring (bicyclic) bond motifs is 1. The van der Waals surface area contributed by atoms with Gasteiger partial charge in [0.1, 0.15) is 10.3 Å². The number of nitrogens with zero attached hydrogens (tertiary/aromatic N) is 2. The van der Waals surface area contributed by atoms with Crippen LogP contribution in [0.4, 0.5) is 0 Å². The lowest BCUT2D eigenvalue weighted by atomic mass is 10.1. The molecule has 0 bridgehead atoms. The van der Waals surface area contributed by atoms with Crippen molar-refractivity contribution in [3.63, 3.8) is 0 Å². The summed E-state index contributed by atoms with van der Waals surface area (Å²) < 4.78 is 3.30. The molecule has 0 amide bonds. The fourth-order valence-corrected chi connectivity index (χ4v) is 3.03. The lowest BCUT2D eigenvalue weighted by Gasteiger charge is -2.03. The van der Waals surface area contributed by atoms with Gasteiger partial charge in [-0.1, -0.05) is 19.9 Å². The Labute approximate surface area is 104 Å². The molecule has 0 unspecified atom stereocenters. The number of aryl methyl sites for hydroxylation is 1. The molecule has 1 saturated carbocycles. The first-order valence-electron chi connectivity index (χ1n) is 5.81. The predicted octanol–water partition coefficient (Wildman–Crippen LogP) is 3.71. The van der Waals surface area contributed by atoms with Crippen molar-refractivity contribution in [3.05, 3.63) is 34.2 Å². The van der Waals surface area contributed by atoms with E-state index >= 15 is 0 Å². The summed E-state index contributed by atoms with van der Waals surface area (Å²) in [7, 11) is 0. The third-order valence-corrected chi connectivity index (χ3v) is 4.38. The molecule has 0 N–H and O–H groups in total. The van der Waals surface area contributed by atoms with Crippen LogP contribution in [0.3, 0.4) is 0 Å². The number of halogens is 1. The molecule has 2 aromatic heterocycles. The minimum absolute atomic E-state index is 0.315.